The van der Waals surface area contributed by atoms with Crippen LogP contribution < -0.4 is 5.32 Å². The first kappa shape index (κ1) is 25.7. The van der Waals surface area contributed by atoms with Crippen LogP contribution in [0.15, 0.2) is 42.5 Å². The van der Waals surface area contributed by atoms with Gasteiger partial charge >= 0.3 is 0 Å². The molecule has 3 rings (SSSR count). The third-order valence-corrected chi connectivity index (χ3v) is 6.52. The average Bonchev–Trinajstić information content (AvgIpc) is 3.04. The van der Waals surface area contributed by atoms with Crippen LogP contribution in [0.4, 0.5) is 0 Å². The summed E-state index contributed by atoms with van der Waals surface area (Å²) in [6, 6.07) is 9.21. The summed E-state index contributed by atoms with van der Waals surface area (Å²) in [6.45, 7) is 8.06. The highest BCUT2D eigenvalue weighted by Crippen LogP contribution is 2.35. The van der Waals surface area contributed by atoms with E-state index in [1.807, 2.05) is 70.2 Å². The molecule has 0 aromatic heterocycles. The molecule has 7 nitrogen and oxygen atoms in total. The first-order chi connectivity index (χ1) is 16.1. The Morgan fingerprint density at radius 2 is 1.65 bits per heavy atom. The molecule has 1 N–H and O–H groups in total. The molecule has 1 saturated heterocycles. The zero-order chi connectivity index (χ0) is 24.9. The van der Waals surface area contributed by atoms with Crippen molar-refractivity contribution in [2.75, 3.05) is 13.1 Å². The molecule has 1 aliphatic heterocycles. The second kappa shape index (κ2) is 11.0. The summed E-state index contributed by atoms with van der Waals surface area (Å²) >= 11 is 0. The van der Waals surface area contributed by atoms with Crippen LogP contribution in [0.25, 0.3) is 0 Å². The van der Waals surface area contributed by atoms with E-state index in [0.29, 0.717) is 32.2 Å². The van der Waals surface area contributed by atoms with Crippen molar-refractivity contribution in [3.05, 3.63) is 48.0 Å². The number of amides is 4. The smallest absolute Gasteiger partial charge is 0.243 e. The van der Waals surface area contributed by atoms with E-state index in [0.717, 1.165) is 5.56 Å². The molecule has 3 atom stereocenters. The summed E-state index contributed by atoms with van der Waals surface area (Å²) in [5.74, 6) is -1.38. The van der Waals surface area contributed by atoms with Crippen molar-refractivity contribution in [3.63, 3.8) is 0 Å². The molecular formula is C27H37N3O4. The number of carbonyl (C=O) groups excluding carboxylic acids is 4. The fourth-order valence-electron chi connectivity index (χ4n) is 4.79. The third-order valence-electron chi connectivity index (χ3n) is 6.52. The Morgan fingerprint density at radius 3 is 2.18 bits per heavy atom. The quantitative estimate of drug-likeness (QED) is 0.447. The van der Waals surface area contributed by atoms with Gasteiger partial charge in [0.1, 0.15) is 6.04 Å². The van der Waals surface area contributed by atoms with Crippen molar-refractivity contribution in [2.45, 2.75) is 71.4 Å². The lowest BCUT2D eigenvalue weighted by Crippen LogP contribution is -2.54. The van der Waals surface area contributed by atoms with E-state index in [-0.39, 0.29) is 48.4 Å². The molecule has 1 heterocycles. The number of hydrogen-bond acceptors (Lipinski definition) is 4. The summed E-state index contributed by atoms with van der Waals surface area (Å²) in [7, 11) is 0. The van der Waals surface area contributed by atoms with E-state index >= 15 is 0 Å². The van der Waals surface area contributed by atoms with Gasteiger partial charge in [-0.05, 0) is 52.0 Å². The van der Waals surface area contributed by atoms with Gasteiger partial charge in [0.25, 0.3) is 0 Å². The van der Waals surface area contributed by atoms with E-state index in [2.05, 4.69) is 5.32 Å². The molecule has 4 amide bonds. The van der Waals surface area contributed by atoms with Gasteiger partial charge in [0.05, 0.1) is 11.8 Å². The first-order valence-corrected chi connectivity index (χ1v) is 12.3. The minimum Gasteiger partial charge on any atom is -0.350 e. The van der Waals surface area contributed by atoms with Gasteiger partial charge in [0, 0.05) is 25.0 Å². The Labute approximate surface area is 202 Å². The highest BCUT2D eigenvalue weighted by Gasteiger charge is 2.47. The minimum atomic E-state index is -0.618. The number of rotatable bonds is 9. The fraction of sp³-hybridized carbons (Fsp3) is 0.556. The summed E-state index contributed by atoms with van der Waals surface area (Å²) in [4.78, 5) is 54.9. The highest BCUT2D eigenvalue weighted by molar-refractivity contribution is 6.05. The number of allylic oxidation sites excluding steroid dienone is 2. The molecular weight excluding hydrogens is 430 g/mol. The normalized spacial score (nSPS) is 20.8. The van der Waals surface area contributed by atoms with Crippen LogP contribution in [-0.4, -0.2) is 58.1 Å². The van der Waals surface area contributed by atoms with Crippen molar-refractivity contribution in [2.24, 2.45) is 11.8 Å². The first-order valence-electron chi connectivity index (χ1n) is 12.3. The second-order valence-electron chi connectivity index (χ2n) is 10.2. The zero-order valence-corrected chi connectivity index (χ0v) is 20.8. The summed E-state index contributed by atoms with van der Waals surface area (Å²) < 4.78 is 0. The van der Waals surface area contributed by atoms with Crippen LogP contribution in [0.5, 0.6) is 0 Å². The van der Waals surface area contributed by atoms with Gasteiger partial charge < -0.3 is 10.2 Å². The Morgan fingerprint density at radius 1 is 1.06 bits per heavy atom. The zero-order valence-electron chi connectivity index (χ0n) is 20.8. The number of imide groups is 1. The Kier molecular flexibility index (Phi) is 8.28. The molecule has 0 saturated carbocycles. The van der Waals surface area contributed by atoms with E-state index < -0.39 is 11.6 Å². The SMILES string of the molecule is CC[C@H](C(=O)NC(C)(C)C)N(CCc1ccccc1)C(=O)CCN1C(=O)[C@H]2CC=CC[C@H]2C1=O. The van der Waals surface area contributed by atoms with Crippen molar-refractivity contribution >= 4 is 23.6 Å². The van der Waals surface area contributed by atoms with E-state index in [1.54, 1.807) is 4.90 Å². The third kappa shape index (κ3) is 6.13. The maximum absolute atomic E-state index is 13.4. The summed E-state index contributed by atoms with van der Waals surface area (Å²) in [6.07, 6.45) is 6.15. The van der Waals surface area contributed by atoms with Crippen LogP contribution in [-0.2, 0) is 25.6 Å². The Bertz CT molecular complexity index is 909. The molecule has 1 aromatic carbocycles. The monoisotopic (exact) mass is 467 g/mol. The van der Waals surface area contributed by atoms with E-state index in [9.17, 15) is 19.2 Å². The lowest BCUT2D eigenvalue weighted by atomic mass is 9.85. The molecule has 34 heavy (non-hydrogen) atoms. The molecule has 7 heteroatoms. The molecule has 1 aliphatic carbocycles. The molecule has 0 unspecified atom stereocenters. The summed E-state index contributed by atoms with van der Waals surface area (Å²) in [5.41, 5.74) is 0.657. The number of benzene rings is 1. The minimum absolute atomic E-state index is 0.0123. The largest absolute Gasteiger partial charge is 0.350 e. The van der Waals surface area contributed by atoms with Crippen LogP contribution in [0.3, 0.4) is 0 Å². The van der Waals surface area contributed by atoms with Gasteiger partial charge in [0.15, 0.2) is 0 Å². The van der Waals surface area contributed by atoms with Gasteiger partial charge in [0.2, 0.25) is 23.6 Å². The van der Waals surface area contributed by atoms with Gasteiger partial charge in [-0.25, -0.2) is 0 Å². The Hall–Kier alpha value is -2.96. The lowest BCUT2D eigenvalue weighted by molar-refractivity contribution is -0.144. The Balaban J connectivity index is 1.72. The van der Waals surface area contributed by atoms with Crippen LogP contribution in [0.1, 0.15) is 58.9 Å². The number of likely N-dealkylation sites (tertiary alicyclic amines) is 1. The van der Waals surface area contributed by atoms with Crippen LogP contribution in [0.2, 0.25) is 0 Å². The second-order valence-corrected chi connectivity index (χ2v) is 10.2. The number of fused-ring (bicyclic) bond motifs is 1. The van der Waals surface area contributed by atoms with Crippen molar-refractivity contribution < 1.29 is 19.2 Å². The van der Waals surface area contributed by atoms with Gasteiger partial charge in [-0.3, -0.25) is 24.1 Å². The van der Waals surface area contributed by atoms with Crippen LogP contribution >= 0.6 is 0 Å². The van der Waals surface area contributed by atoms with Crippen molar-refractivity contribution in [1.82, 2.24) is 15.1 Å². The number of carbonyl (C=O) groups is 4. The average molecular weight is 468 g/mol. The number of hydrogen-bond donors (Lipinski definition) is 1. The van der Waals surface area contributed by atoms with Crippen LogP contribution in [0, 0.1) is 11.8 Å². The molecule has 0 spiro atoms. The predicted molar refractivity (Wildman–Crippen MR) is 131 cm³/mol. The highest BCUT2D eigenvalue weighted by atomic mass is 16.2. The molecule has 1 fully saturated rings. The summed E-state index contributed by atoms with van der Waals surface area (Å²) in [5, 5.41) is 2.99. The van der Waals surface area contributed by atoms with Gasteiger partial charge in [-0.15, -0.1) is 0 Å². The van der Waals surface area contributed by atoms with Gasteiger partial charge in [-0.2, -0.15) is 0 Å². The maximum Gasteiger partial charge on any atom is 0.243 e. The molecule has 0 bridgehead atoms. The van der Waals surface area contributed by atoms with Gasteiger partial charge in [-0.1, -0.05) is 49.4 Å². The molecule has 0 radical (unpaired) electrons. The van der Waals surface area contributed by atoms with E-state index in [1.165, 1.54) is 4.90 Å². The fourth-order valence-corrected chi connectivity index (χ4v) is 4.79. The topological polar surface area (TPSA) is 86.8 Å². The lowest BCUT2D eigenvalue weighted by Gasteiger charge is -2.33. The number of nitrogens with one attached hydrogen (secondary N) is 1. The maximum atomic E-state index is 13.4. The van der Waals surface area contributed by atoms with Crippen molar-refractivity contribution in [3.8, 4) is 0 Å². The number of nitrogens with zero attached hydrogens (tertiary/aromatic N) is 2. The van der Waals surface area contributed by atoms with E-state index in [4.69, 9.17) is 0 Å². The molecule has 2 aliphatic rings. The molecule has 1 aromatic rings. The predicted octanol–water partition coefficient (Wildman–Crippen LogP) is 3.09. The standard InChI is InChI=1S/C27H37N3O4/c1-5-22(24(32)28-27(2,3)4)29(17-15-19-11-7-6-8-12-19)23(31)16-18-30-25(33)20-13-9-10-14-21(20)26(30)34/h6-12,20-22H,5,13-18H2,1-4H3,(H,28,32)/t20-,21+,22-/m1/s1. The van der Waals surface area contributed by atoms with Crippen molar-refractivity contribution in [1.29, 1.82) is 0 Å². The molecule has 184 valence electrons.